The Bertz CT molecular complexity index is 850. The van der Waals surface area contributed by atoms with E-state index in [-0.39, 0.29) is 11.6 Å². The van der Waals surface area contributed by atoms with Crippen LogP contribution < -0.4 is 5.32 Å². The number of pyridine rings is 1. The number of amides is 1. The second-order valence-corrected chi connectivity index (χ2v) is 6.46. The van der Waals surface area contributed by atoms with E-state index in [4.69, 9.17) is 6.42 Å². The molecule has 3 heterocycles. The molecule has 2 aliphatic rings. The minimum atomic E-state index is -0.361. The molecule has 1 N–H and O–H groups in total. The molecule has 0 aromatic carbocycles. The van der Waals surface area contributed by atoms with Crippen LogP contribution in [0.25, 0.3) is 5.52 Å². The van der Waals surface area contributed by atoms with Crippen molar-refractivity contribution >= 4 is 11.4 Å². The van der Waals surface area contributed by atoms with E-state index in [9.17, 15) is 4.79 Å². The average molecular weight is 321 g/mol. The third-order valence-electron chi connectivity index (χ3n) is 4.62. The highest BCUT2D eigenvalue weighted by molar-refractivity contribution is 6.02. The minimum absolute atomic E-state index is 0.0640. The van der Waals surface area contributed by atoms with Gasteiger partial charge in [0.1, 0.15) is 0 Å². The molecule has 2 aromatic heterocycles. The number of carbonyl (C=O) groups excluding carboxylic acids is 1. The summed E-state index contributed by atoms with van der Waals surface area (Å²) < 4.78 is 1.79. The molecule has 122 valence electrons. The number of terminal acetylenes is 1. The zero-order valence-electron chi connectivity index (χ0n) is 13.4. The normalized spacial score (nSPS) is 17.6. The fourth-order valence-corrected chi connectivity index (χ4v) is 3.02. The number of fused-ring (bicyclic) bond motifs is 1. The van der Waals surface area contributed by atoms with E-state index in [1.54, 1.807) is 4.52 Å². The van der Waals surface area contributed by atoms with E-state index in [1.165, 1.54) is 0 Å². The molecule has 1 aliphatic carbocycles. The fourth-order valence-electron chi connectivity index (χ4n) is 3.02. The summed E-state index contributed by atoms with van der Waals surface area (Å²) in [7, 11) is 0. The molecule has 0 atom stereocenters. The molecule has 0 radical (unpaired) electrons. The molecule has 1 amide bonds. The van der Waals surface area contributed by atoms with Crippen molar-refractivity contribution in [3.8, 4) is 12.3 Å². The molecular formula is C18H19N5O. The molecule has 1 saturated carbocycles. The molecule has 0 saturated heterocycles. The second-order valence-electron chi connectivity index (χ2n) is 6.46. The second kappa shape index (κ2) is 5.75. The van der Waals surface area contributed by atoms with Crippen LogP contribution in [0.2, 0.25) is 0 Å². The van der Waals surface area contributed by atoms with E-state index in [0.717, 1.165) is 30.5 Å². The van der Waals surface area contributed by atoms with E-state index in [2.05, 4.69) is 26.6 Å². The Kier molecular flexibility index (Phi) is 3.57. The Labute approximate surface area is 140 Å². The zero-order chi connectivity index (χ0) is 16.6. The van der Waals surface area contributed by atoms with Gasteiger partial charge in [0.15, 0.2) is 5.66 Å². The largest absolute Gasteiger partial charge is 0.352 e. The molecule has 0 unspecified atom stereocenters. The van der Waals surface area contributed by atoms with Crippen LogP contribution in [0.15, 0.2) is 34.6 Å². The van der Waals surface area contributed by atoms with Gasteiger partial charge < -0.3 is 5.32 Å². The SMILES string of the molecule is C#CCCC1(CCNC(=O)c2c(C3CC3)nn3ccccc23)N=N1. The van der Waals surface area contributed by atoms with Crippen molar-refractivity contribution in [2.24, 2.45) is 10.2 Å². The van der Waals surface area contributed by atoms with Gasteiger partial charge in [-0.1, -0.05) is 6.07 Å². The molecule has 1 fully saturated rings. The number of hydrogen-bond donors (Lipinski definition) is 1. The van der Waals surface area contributed by atoms with Crippen molar-refractivity contribution in [3.05, 3.63) is 35.7 Å². The molecular weight excluding hydrogens is 302 g/mol. The summed E-state index contributed by atoms with van der Waals surface area (Å²) in [5, 5.41) is 15.8. The molecule has 0 spiro atoms. The first kappa shape index (κ1) is 14.9. The lowest BCUT2D eigenvalue weighted by Crippen LogP contribution is -2.28. The third-order valence-corrected chi connectivity index (χ3v) is 4.62. The summed E-state index contributed by atoms with van der Waals surface area (Å²) in [6.07, 6.45) is 11.5. The molecule has 24 heavy (non-hydrogen) atoms. The molecule has 4 rings (SSSR count). The van der Waals surface area contributed by atoms with E-state index >= 15 is 0 Å². The number of carbonyl (C=O) groups is 1. The van der Waals surface area contributed by atoms with Crippen LogP contribution in [0.1, 0.15) is 54.1 Å². The summed E-state index contributed by atoms with van der Waals surface area (Å²) >= 11 is 0. The quantitative estimate of drug-likeness (QED) is 0.797. The molecule has 6 nitrogen and oxygen atoms in total. The standard InChI is InChI=1S/C18H19N5O/c1-2-3-9-18(21-22-18)10-11-19-17(24)15-14-6-4-5-12-23(14)20-16(15)13-7-8-13/h1,4-6,12-13H,3,7-11H2,(H,19,24). The Morgan fingerprint density at radius 3 is 2.92 bits per heavy atom. The van der Waals surface area contributed by atoms with E-state index < -0.39 is 0 Å². The Balaban J connectivity index is 1.46. The maximum Gasteiger partial charge on any atom is 0.255 e. The van der Waals surface area contributed by atoms with Crippen molar-refractivity contribution in [2.45, 2.75) is 43.7 Å². The molecule has 1 aliphatic heterocycles. The van der Waals surface area contributed by atoms with Gasteiger partial charge >= 0.3 is 0 Å². The minimum Gasteiger partial charge on any atom is -0.352 e. The smallest absolute Gasteiger partial charge is 0.255 e. The van der Waals surface area contributed by atoms with Crippen LogP contribution >= 0.6 is 0 Å². The van der Waals surface area contributed by atoms with Crippen LogP contribution in [0.5, 0.6) is 0 Å². The average Bonchev–Trinajstić information content (AvgIpc) is 3.51. The number of nitrogens with zero attached hydrogens (tertiary/aromatic N) is 4. The lowest BCUT2D eigenvalue weighted by atomic mass is 10.0. The number of rotatable bonds is 7. The van der Waals surface area contributed by atoms with Crippen LogP contribution in [-0.2, 0) is 0 Å². The van der Waals surface area contributed by atoms with Gasteiger partial charge in [-0.2, -0.15) is 15.3 Å². The van der Waals surface area contributed by atoms with E-state index in [1.807, 2.05) is 24.4 Å². The lowest BCUT2D eigenvalue weighted by Gasteiger charge is -2.10. The molecule has 0 bridgehead atoms. The Hall–Kier alpha value is -2.68. The van der Waals surface area contributed by atoms with Gasteiger partial charge in [0.2, 0.25) is 0 Å². The first-order chi connectivity index (χ1) is 11.7. The lowest BCUT2D eigenvalue weighted by molar-refractivity contribution is 0.0952. The van der Waals surface area contributed by atoms with Crippen LogP contribution in [-0.4, -0.2) is 27.7 Å². The first-order valence-electron chi connectivity index (χ1n) is 8.35. The third kappa shape index (κ3) is 2.78. The van der Waals surface area contributed by atoms with Gasteiger partial charge in [-0.3, -0.25) is 4.79 Å². The number of aromatic nitrogens is 2. The predicted octanol–water partition coefficient (Wildman–Crippen LogP) is 2.91. The van der Waals surface area contributed by atoms with Gasteiger partial charge in [0.05, 0.1) is 16.8 Å². The zero-order valence-corrected chi connectivity index (χ0v) is 13.4. The van der Waals surface area contributed by atoms with Crippen LogP contribution in [0.3, 0.4) is 0 Å². The maximum absolute atomic E-state index is 12.7. The first-order valence-corrected chi connectivity index (χ1v) is 8.35. The number of hydrogen-bond acceptors (Lipinski definition) is 4. The van der Waals surface area contributed by atoms with Crippen LogP contribution in [0, 0.1) is 12.3 Å². The maximum atomic E-state index is 12.7. The van der Waals surface area contributed by atoms with Crippen LogP contribution in [0.4, 0.5) is 0 Å². The summed E-state index contributed by atoms with van der Waals surface area (Å²) in [4.78, 5) is 12.7. The van der Waals surface area contributed by atoms with Crippen molar-refractivity contribution in [1.82, 2.24) is 14.9 Å². The summed E-state index contributed by atoms with van der Waals surface area (Å²) in [5.74, 6) is 2.97. The summed E-state index contributed by atoms with van der Waals surface area (Å²) in [6.45, 7) is 0.532. The van der Waals surface area contributed by atoms with Gasteiger partial charge in [0.25, 0.3) is 5.91 Å². The highest BCUT2D eigenvalue weighted by Gasteiger charge is 2.39. The molecule has 2 aromatic rings. The van der Waals surface area contributed by atoms with Crippen molar-refractivity contribution in [1.29, 1.82) is 0 Å². The van der Waals surface area contributed by atoms with Gasteiger partial charge in [-0.05, 0) is 25.0 Å². The van der Waals surface area contributed by atoms with Crippen molar-refractivity contribution in [3.63, 3.8) is 0 Å². The predicted molar refractivity (Wildman–Crippen MR) is 89.8 cm³/mol. The summed E-state index contributed by atoms with van der Waals surface area (Å²) in [5.41, 5.74) is 2.13. The van der Waals surface area contributed by atoms with E-state index in [0.29, 0.717) is 30.9 Å². The highest BCUT2D eigenvalue weighted by atomic mass is 16.1. The fraction of sp³-hybridized carbons (Fsp3) is 0.444. The monoisotopic (exact) mass is 321 g/mol. The topological polar surface area (TPSA) is 71.1 Å². The Morgan fingerprint density at radius 2 is 2.21 bits per heavy atom. The van der Waals surface area contributed by atoms with Gasteiger partial charge in [0, 0.05) is 37.9 Å². The summed E-state index contributed by atoms with van der Waals surface area (Å²) in [6, 6.07) is 5.79. The number of nitrogens with one attached hydrogen (secondary N) is 1. The van der Waals surface area contributed by atoms with Gasteiger partial charge in [-0.25, -0.2) is 4.52 Å². The molecule has 6 heteroatoms. The van der Waals surface area contributed by atoms with Crippen molar-refractivity contribution < 1.29 is 4.79 Å². The highest BCUT2D eigenvalue weighted by Crippen LogP contribution is 2.42. The van der Waals surface area contributed by atoms with Gasteiger partial charge in [-0.15, -0.1) is 12.3 Å². The Morgan fingerprint density at radius 1 is 1.38 bits per heavy atom. The van der Waals surface area contributed by atoms with Crippen molar-refractivity contribution in [2.75, 3.05) is 6.54 Å².